The molecule has 0 aromatic heterocycles. The van der Waals surface area contributed by atoms with Crippen molar-refractivity contribution in [2.75, 3.05) is 18.1 Å². The molecule has 224 valence electrons. The number of benzene rings is 3. The summed E-state index contributed by atoms with van der Waals surface area (Å²) in [6.07, 6.45) is 0. The number of hydrogen-bond donors (Lipinski definition) is 5. The standard InChI is InChI=1S/C20H18N6O11S5/c21-18-14(25-24-13-6-3-11(7-15(13)41(30,31)32)39-36-9-17(27)37-38)8-16(42(33,34)35)19(22)20(18)26-23-10-1-4-12(5-2-10)40(28)29/h1-8,38H,9,21-22H2,(H,28,29)(H,30,31,32)(H,33,34,35)/p-1. The largest absolute Gasteiger partial charge is 0.768 e. The van der Waals surface area contributed by atoms with Crippen LogP contribution in [0.3, 0.4) is 0 Å². The third-order valence-electron chi connectivity index (χ3n) is 4.80. The van der Waals surface area contributed by atoms with Crippen LogP contribution in [0.25, 0.3) is 0 Å². The van der Waals surface area contributed by atoms with Gasteiger partial charge in [0.15, 0.2) is 6.61 Å². The van der Waals surface area contributed by atoms with Crippen LogP contribution in [0.15, 0.2) is 88.6 Å². The van der Waals surface area contributed by atoms with E-state index in [4.69, 9.17) is 15.7 Å². The van der Waals surface area contributed by atoms with Crippen molar-refractivity contribution in [3.63, 3.8) is 0 Å². The van der Waals surface area contributed by atoms with Crippen LogP contribution in [0.4, 0.5) is 34.1 Å². The van der Waals surface area contributed by atoms with E-state index < -0.39 is 82.1 Å². The van der Waals surface area contributed by atoms with Gasteiger partial charge in [-0.25, -0.2) is 4.79 Å². The van der Waals surface area contributed by atoms with E-state index in [0.29, 0.717) is 12.0 Å². The molecule has 42 heavy (non-hydrogen) atoms. The predicted octanol–water partition coefficient (Wildman–Crippen LogP) is 3.82. The van der Waals surface area contributed by atoms with Crippen molar-refractivity contribution in [1.29, 1.82) is 0 Å². The first kappa shape index (κ1) is 33.0. The van der Waals surface area contributed by atoms with E-state index in [-0.39, 0.29) is 15.5 Å². The summed E-state index contributed by atoms with van der Waals surface area (Å²) >= 11 is 1.39. The fourth-order valence-electron chi connectivity index (χ4n) is 2.91. The van der Waals surface area contributed by atoms with Crippen molar-refractivity contribution in [1.82, 2.24) is 0 Å². The highest BCUT2D eigenvalue weighted by Crippen LogP contribution is 2.43. The molecular weight excluding hydrogens is 661 g/mol. The number of hydrogen-bond acceptors (Lipinski definition) is 17. The zero-order valence-corrected chi connectivity index (χ0v) is 24.6. The first-order chi connectivity index (χ1) is 19.6. The topological polar surface area (TPSA) is 286 Å². The number of thiol groups is 1. The molecule has 0 amide bonds. The molecule has 0 spiro atoms. The highest BCUT2D eigenvalue weighted by atomic mass is 32.2. The van der Waals surface area contributed by atoms with Gasteiger partial charge in [0.1, 0.15) is 26.9 Å². The highest BCUT2D eigenvalue weighted by molar-refractivity contribution is 7.94. The molecule has 0 aliphatic heterocycles. The predicted molar refractivity (Wildman–Crippen MR) is 150 cm³/mol. The van der Waals surface area contributed by atoms with Gasteiger partial charge in [0, 0.05) is 34.7 Å². The monoisotopic (exact) mass is 677 g/mol. The summed E-state index contributed by atoms with van der Waals surface area (Å²) < 4.78 is 98.3. The molecule has 22 heteroatoms. The molecule has 17 nitrogen and oxygen atoms in total. The number of anilines is 2. The molecule has 3 aromatic rings. The van der Waals surface area contributed by atoms with E-state index in [0.717, 1.165) is 18.2 Å². The summed E-state index contributed by atoms with van der Waals surface area (Å²) in [4.78, 5) is 9.56. The van der Waals surface area contributed by atoms with Gasteiger partial charge in [-0.3, -0.25) is 17.5 Å². The summed E-state index contributed by atoms with van der Waals surface area (Å²) in [7, 11) is -9.87. The number of rotatable bonds is 11. The van der Waals surface area contributed by atoms with Crippen molar-refractivity contribution >= 4 is 96.4 Å². The molecule has 0 aliphatic rings. The van der Waals surface area contributed by atoms with Crippen molar-refractivity contribution in [3.05, 3.63) is 48.5 Å². The molecule has 1 atom stereocenters. The molecule has 0 heterocycles. The zero-order chi connectivity index (χ0) is 31.2. The lowest BCUT2D eigenvalue weighted by Crippen LogP contribution is -2.05. The average molecular weight is 678 g/mol. The number of nitrogens with two attached hydrogens (primary N) is 2. The van der Waals surface area contributed by atoms with Gasteiger partial charge in [0.2, 0.25) is 0 Å². The Hall–Kier alpha value is -3.48. The number of nitrogens with zero attached hydrogens (tertiary/aromatic N) is 4. The Balaban J connectivity index is 2.05. The lowest BCUT2D eigenvalue weighted by atomic mass is 10.2. The van der Waals surface area contributed by atoms with Gasteiger partial charge in [-0.15, -0.1) is 15.3 Å². The zero-order valence-electron chi connectivity index (χ0n) is 20.4. The lowest BCUT2D eigenvalue weighted by Gasteiger charge is -2.11. The second-order valence-corrected chi connectivity index (χ2v) is 12.4. The number of azo groups is 2. The van der Waals surface area contributed by atoms with E-state index in [1.54, 1.807) is 0 Å². The van der Waals surface area contributed by atoms with Gasteiger partial charge in [-0.2, -0.15) is 21.9 Å². The number of nitrogen functional groups attached to an aromatic ring is 2. The van der Waals surface area contributed by atoms with Crippen molar-refractivity contribution in [2.45, 2.75) is 19.6 Å². The van der Waals surface area contributed by atoms with Crippen LogP contribution in [0, 0.1) is 0 Å². The van der Waals surface area contributed by atoms with Crippen LogP contribution in [0.2, 0.25) is 0 Å². The second kappa shape index (κ2) is 13.7. The van der Waals surface area contributed by atoms with Gasteiger partial charge in [-0.05, 0) is 59.6 Å². The molecule has 1 unspecified atom stereocenters. The van der Waals surface area contributed by atoms with Gasteiger partial charge >= 0.3 is 5.97 Å². The fourth-order valence-corrected chi connectivity index (χ4v) is 5.26. The Morgan fingerprint density at radius 3 is 2.10 bits per heavy atom. The van der Waals surface area contributed by atoms with Crippen molar-refractivity contribution in [2.24, 2.45) is 20.5 Å². The van der Waals surface area contributed by atoms with Crippen LogP contribution < -0.4 is 11.5 Å². The molecular formula is C20H17N6O11S5-. The average Bonchev–Trinajstić information content (AvgIpc) is 2.91. The minimum absolute atomic E-state index is 0.0364. The van der Waals surface area contributed by atoms with E-state index in [1.165, 1.54) is 30.3 Å². The lowest BCUT2D eigenvalue weighted by molar-refractivity contribution is -0.134. The molecule has 0 saturated heterocycles. The highest BCUT2D eigenvalue weighted by Gasteiger charge is 2.23. The number of carbonyl (C=O) groups is 1. The maximum Gasteiger partial charge on any atom is 0.345 e. The van der Waals surface area contributed by atoms with Crippen LogP contribution >= 0.6 is 25.0 Å². The second-order valence-electron chi connectivity index (χ2n) is 7.59. The van der Waals surface area contributed by atoms with Crippen LogP contribution in [-0.4, -0.2) is 47.3 Å². The summed E-state index contributed by atoms with van der Waals surface area (Å²) in [5.74, 6) is -0.828. The van der Waals surface area contributed by atoms with Crippen LogP contribution in [-0.2, 0) is 44.5 Å². The maximum atomic E-state index is 12.0. The molecule has 6 N–H and O–H groups in total. The normalized spacial score (nSPS) is 13.0. The minimum Gasteiger partial charge on any atom is -0.768 e. The molecule has 0 bridgehead atoms. The Morgan fingerprint density at radius 2 is 1.52 bits per heavy atom. The van der Waals surface area contributed by atoms with Gasteiger partial charge < -0.3 is 20.2 Å². The maximum absolute atomic E-state index is 12.0. The Bertz CT molecular complexity index is 1820. The van der Waals surface area contributed by atoms with Crippen LogP contribution in [0.5, 0.6) is 0 Å². The summed E-state index contributed by atoms with van der Waals surface area (Å²) in [6, 6.07) is 9.09. The SMILES string of the molecule is Nc1c(N=Nc2ccc(SOCC(=O)OS)cc2S(=O)(=O)O)cc(S(=O)(=O)O)c(N)c1N=Nc1ccc(S(=O)[O-])cc1. The first-order valence-electron chi connectivity index (χ1n) is 10.6. The summed E-state index contributed by atoms with van der Waals surface area (Å²) in [5, 5.41) is 15.1. The van der Waals surface area contributed by atoms with Crippen LogP contribution in [0.1, 0.15) is 0 Å². The molecule has 0 fully saturated rings. The smallest absolute Gasteiger partial charge is 0.345 e. The Labute approximate surface area is 250 Å². The van der Waals surface area contributed by atoms with E-state index >= 15 is 0 Å². The first-order valence-corrected chi connectivity index (χ1v) is 15.7. The van der Waals surface area contributed by atoms with E-state index in [2.05, 4.69) is 37.5 Å². The van der Waals surface area contributed by atoms with Gasteiger partial charge in [0.05, 0.1) is 17.1 Å². The summed E-state index contributed by atoms with van der Waals surface area (Å²) in [6.45, 7) is -0.532. The molecule has 0 radical (unpaired) electrons. The minimum atomic E-state index is -4.97. The third-order valence-corrected chi connectivity index (χ3v) is 8.12. The molecule has 3 rings (SSSR count). The molecule has 0 saturated carbocycles. The van der Waals surface area contributed by atoms with Crippen molar-refractivity contribution in [3.8, 4) is 0 Å². The molecule has 3 aromatic carbocycles. The Kier molecular flexibility index (Phi) is 10.7. The Morgan fingerprint density at radius 1 is 0.905 bits per heavy atom. The van der Waals surface area contributed by atoms with E-state index in [1.807, 2.05) is 0 Å². The van der Waals surface area contributed by atoms with Crippen molar-refractivity contribution < 1.29 is 47.9 Å². The summed E-state index contributed by atoms with van der Waals surface area (Å²) in [5.41, 5.74) is 9.67. The van der Waals surface area contributed by atoms with E-state index in [9.17, 15) is 39.5 Å². The number of carbonyl (C=O) groups excluding carboxylic acids is 1. The fraction of sp³-hybridized carbons (Fsp3) is 0.0500. The quantitative estimate of drug-likeness (QED) is 0.0481. The van der Waals surface area contributed by atoms with Gasteiger partial charge in [0.25, 0.3) is 20.2 Å². The van der Waals surface area contributed by atoms with Gasteiger partial charge in [-0.1, -0.05) is 0 Å². The third kappa shape index (κ3) is 8.52. The molecule has 0 aliphatic carbocycles.